The van der Waals surface area contributed by atoms with E-state index in [0.717, 1.165) is 18.4 Å². The van der Waals surface area contributed by atoms with E-state index in [1.807, 2.05) is 51.1 Å². The molecule has 4 fully saturated rings. The number of nitrogens with one attached hydrogen (secondary N) is 3. The molecule has 2 bridgehead atoms. The standard InChI is InChI=1S/C39H56BN3O8/c1-23(2)17-28(36(45)41-24(3)40-50-33-22-27-21-32(38(27,4)5)39(33,6)51-40)43-37(46)29(42-34(44)16-15-25-13-11-10-12-14-25)18-26-19-30(47-7)35(49-9)31(20-26)48-8/h10-14,19-20,23-24,27-29,32-33H,15-18,21-22H2,1-9H3,(H,41,45)(H,42,44)(H,43,46)/t24-,27-,28+,29-,32-,33+,39-/m0/s1. The fourth-order valence-electron chi connectivity index (χ4n) is 8.35. The van der Waals surface area contributed by atoms with Gasteiger partial charge in [0.2, 0.25) is 23.5 Å². The van der Waals surface area contributed by atoms with Crippen LogP contribution in [0.1, 0.15) is 78.4 Å². The lowest BCUT2D eigenvalue weighted by Gasteiger charge is -2.64. The minimum absolute atomic E-state index is 0.00810. The van der Waals surface area contributed by atoms with E-state index in [1.54, 1.807) is 12.1 Å². The Morgan fingerprint density at radius 2 is 1.51 bits per heavy atom. The molecule has 1 heterocycles. The molecule has 2 aromatic rings. The first-order chi connectivity index (χ1) is 24.2. The van der Waals surface area contributed by atoms with Crippen molar-refractivity contribution in [2.75, 3.05) is 21.3 Å². The van der Waals surface area contributed by atoms with Crippen LogP contribution in [-0.4, -0.2) is 75.9 Å². The average Bonchev–Trinajstić information content (AvgIpc) is 3.47. The molecule has 3 saturated carbocycles. The van der Waals surface area contributed by atoms with Gasteiger partial charge < -0.3 is 39.5 Å². The van der Waals surface area contributed by atoms with Crippen LogP contribution in [0.15, 0.2) is 42.5 Å². The second-order valence-corrected chi connectivity index (χ2v) is 15.7. The number of carbonyl (C=O) groups is 3. The van der Waals surface area contributed by atoms with Gasteiger partial charge in [0.05, 0.1) is 39.0 Å². The zero-order valence-corrected chi connectivity index (χ0v) is 31.7. The van der Waals surface area contributed by atoms with Crippen molar-refractivity contribution in [3.8, 4) is 17.2 Å². The predicted octanol–water partition coefficient (Wildman–Crippen LogP) is 4.68. The van der Waals surface area contributed by atoms with E-state index in [1.165, 1.54) is 21.3 Å². The minimum atomic E-state index is -0.990. The van der Waals surface area contributed by atoms with Gasteiger partial charge in [-0.1, -0.05) is 58.0 Å². The minimum Gasteiger partial charge on any atom is -0.493 e. The van der Waals surface area contributed by atoms with Gasteiger partial charge in [0.25, 0.3) is 0 Å². The highest BCUT2D eigenvalue weighted by molar-refractivity contribution is 6.47. The van der Waals surface area contributed by atoms with Crippen molar-refractivity contribution in [3.63, 3.8) is 0 Å². The van der Waals surface area contributed by atoms with Crippen LogP contribution in [-0.2, 0) is 36.5 Å². The van der Waals surface area contributed by atoms with Crippen molar-refractivity contribution < 1.29 is 37.9 Å². The van der Waals surface area contributed by atoms with Crippen LogP contribution < -0.4 is 30.2 Å². The first-order valence-electron chi connectivity index (χ1n) is 18.3. The summed E-state index contributed by atoms with van der Waals surface area (Å²) in [7, 11) is 3.97. The molecule has 7 atom stereocenters. The zero-order valence-electron chi connectivity index (χ0n) is 31.7. The van der Waals surface area contributed by atoms with Crippen molar-refractivity contribution in [1.29, 1.82) is 0 Å². The number of rotatable bonds is 16. The Bertz CT molecular complexity index is 1530. The number of benzene rings is 2. The topological polar surface area (TPSA) is 133 Å². The molecular formula is C39H56BN3O8. The normalized spacial score (nSPS) is 24.7. The number of amides is 3. The van der Waals surface area contributed by atoms with Crippen LogP contribution in [0.25, 0.3) is 0 Å². The van der Waals surface area contributed by atoms with Crippen molar-refractivity contribution in [2.45, 2.75) is 110 Å². The Morgan fingerprint density at radius 3 is 2.10 bits per heavy atom. The largest absolute Gasteiger partial charge is 0.493 e. The van der Waals surface area contributed by atoms with Crippen LogP contribution in [0.2, 0.25) is 0 Å². The molecule has 0 unspecified atom stereocenters. The van der Waals surface area contributed by atoms with E-state index in [2.05, 4.69) is 36.7 Å². The second kappa shape index (κ2) is 15.9. The van der Waals surface area contributed by atoms with Gasteiger partial charge in [0, 0.05) is 12.8 Å². The lowest BCUT2D eigenvalue weighted by molar-refractivity contribution is -0.199. The number of ether oxygens (including phenoxy) is 3. The molecule has 0 aromatic heterocycles. The maximum atomic E-state index is 14.1. The highest BCUT2D eigenvalue weighted by atomic mass is 16.7. The third-order valence-corrected chi connectivity index (χ3v) is 11.4. The zero-order chi connectivity index (χ0) is 37.1. The van der Waals surface area contributed by atoms with Crippen LogP contribution in [0.4, 0.5) is 0 Å². The lowest BCUT2D eigenvalue weighted by Crippen LogP contribution is -2.65. The molecule has 51 heavy (non-hydrogen) atoms. The van der Waals surface area contributed by atoms with Crippen LogP contribution >= 0.6 is 0 Å². The summed E-state index contributed by atoms with van der Waals surface area (Å²) in [5, 5.41) is 8.99. The molecule has 12 heteroatoms. The van der Waals surface area contributed by atoms with Crippen molar-refractivity contribution in [3.05, 3.63) is 53.6 Å². The Balaban J connectivity index is 1.30. The van der Waals surface area contributed by atoms with E-state index in [0.29, 0.717) is 47.5 Å². The van der Waals surface area contributed by atoms with Crippen LogP contribution in [0, 0.1) is 23.2 Å². The number of hydrogen-bond donors (Lipinski definition) is 3. The second-order valence-electron chi connectivity index (χ2n) is 15.7. The number of carbonyl (C=O) groups excluding carboxylic acids is 3. The quantitative estimate of drug-likeness (QED) is 0.215. The van der Waals surface area contributed by atoms with E-state index < -0.39 is 36.7 Å². The third kappa shape index (κ3) is 8.33. The fraction of sp³-hybridized carbons (Fsp3) is 0.615. The first-order valence-corrected chi connectivity index (χ1v) is 18.3. The van der Waals surface area contributed by atoms with Gasteiger partial charge in [-0.05, 0) is 86.0 Å². The molecule has 3 aliphatic carbocycles. The van der Waals surface area contributed by atoms with Crippen LogP contribution in [0.5, 0.6) is 17.2 Å². The van der Waals surface area contributed by atoms with Crippen molar-refractivity contribution >= 4 is 24.8 Å². The smallest absolute Gasteiger partial charge is 0.481 e. The maximum absolute atomic E-state index is 14.1. The fourth-order valence-corrected chi connectivity index (χ4v) is 8.35. The number of aryl methyl sites for hydroxylation is 1. The highest BCUT2D eigenvalue weighted by Crippen LogP contribution is 2.65. The molecular weight excluding hydrogens is 649 g/mol. The molecule has 11 nitrogen and oxygen atoms in total. The Kier molecular flexibility index (Phi) is 12.0. The summed E-state index contributed by atoms with van der Waals surface area (Å²) in [6, 6.07) is 11.4. The van der Waals surface area contributed by atoms with E-state index in [4.69, 9.17) is 23.5 Å². The molecule has 0 spiro atoms. The van der Waals surface area contributed by atoms with Gasteiger partial charge in [-0.3, -0.25) is 14.4 Å². The summed E-state index contributed by atoms with van der Waals surface area (Å²) in [4.78, 5) is 41.3. The molecule has 6 rings (SSSR count). The van der Waals surface area contributed by atoms with E-state index in [9.17, 15) is 14.4 Å². The predicted molar refractivity (Wildman–Crippen MR) is 196 cm³/mol. The molecule has 0 radical (unpaired) electrons. The van der Waals surface area contributed by atoms with E-state index in [-0.39, 0.29) is 42.1 Å². The summed E-state index contributed by atoms with van der Waals surface area (Å²) < 4.78 is 29.6. The Labute approximate surface area is 303 Å². The summed E-state index contributed by atoms with van der Waals surface area (Å²) in [6.07, 6.45) is 3.31. The summed E-state index contributed by atoms with van der Waals surface area (Å²) in [5.74, 6) is 0.865. The van der Waals surface area contributed by atoms with E-state index >= 15 is 0 Å². The summed E-state index contributed by atoms with van der Waals surface area (Å²) in [6.45, 7) is 12.7. The van der Waals surface area contributed by atoms with Crippen molar-refractivity contribution in [2.24, 2.45) is 23.2 Å². The monoisotopic (exact) mass is 705 g/mol. The summed E-state index contributed by atoms with van der Waals surface area (Å²) in [5.41, 5.74) is 1.51. The number of methoxy groups -OCH3 is 3. The molecule has 2 aromatic carbocycles. The van der Waals surface area contributed by atoms with Gasteiger partial charge >= 0.3 is 7.12 Å². The van der Waals surface area contributed by atoms with Gasteiger partial charge in [-0.25, -0.2) is 0 Å². The van der Waals surface area contributed by atoms with Gasteiger partial charge in [0.15, 0.2) is 11.5 Å². The van der Waals surface area contributed by atoms with Gasteiger partial charge in [-0.15, -0.1) is 0 Å². The molecule has 3 amide bonds. The van der Waals surface area contributed by atoms with Gasteiger partial charge in [-0.2, -0.15) is 0 Å². The number of hydrogen-bond acceptors (Lipinski definition) is 8. The summed E-state index contributed by atoms with van der Waals surface area (Å²) >= 11 is 0. The van der Waals surface area contributed by atoms with Crippen LogP contribution in [0.3, 0.4) is 0 Å². The molecule has 278 valence electrons. The molecule has 4 aliphatic rings. The highest BCUT2D eigenvalue weighted by Gasteiger charge is 2.68. The Hall–Kier alpha value is -3.77. The first kappa shape index (κ1) is 38.5. The Morgan fingerprint density at radius 1 is 0.863 bits per heavy atom. The average molecular weight is 706 g/mol. The maximum Gasteiger partial charge on any atom is 0.481 e. The lowest BCUT2D eigenvalue weighted by atomic mass is 9.43. The molecule has 1 saturated heterocycles. The molecule has 3 N–H and O–H groups in total. The third-order valence-electron chi connectivity index (χ3n) is 11.4. The SMILES string of the molecule is COc1cc(C[C@H](NC(=O)CCc2ccccc2)C(=O)N[C@H](CC(C)C)C(=O)N[C@@H](C)B2O[C@@H]3C[C@@H]4C[C@@H](C4(C)C)[C@]3(C)O2)cc(OC)c1OC. The van der Waals surface area contributed by atoms with Gasteiger partial charge in [0.1, 0.15) is 12.1 Å². The molecule has 1 aliphatic heterocycles. The van der Waals surface area contributed by atoms with Crippen molar-refractivity contribution in [1.82, 2.24) is 16.0 Å².